The van der Waals surface area contributed by atoms with Crippen molar-refractivity contribution in [1.29, 1.82) is 0 Å². The first-order chi connectivity index (χ1) is 10.1. The fourth-order valence-electron chi connectivity index (χ4n) is 5.35. The Kier molecular flexibility index (Phi) is 3.10. The van der Waals surface area contributed by atoms with E-state index in [4.69, 9.17) is 4.42 Å². The number of hydrogen-bond acceptors (Lipinski definition) is 3. The lowest BCUT2D eigenvalue weighted by Gasteiger charge is -2.55. The van der Waals surface area contributed by atoms with Gasteiger partial charge in [-0.2, -0.15) is 0 Å². The summed E-state index contributed by atoms with van der Waals surface area (Å²) in [6.07, 6.45) is 7.97. The van der Waals surface area contributed by atoms with Gasteiger partial charge < -0.3 is 14.8 Å². The third-order valence-electron chi connectivity index (χ3n) is 5.85. The molecule has 1 amide bonds. The number of rotatable bonds is 4. The van der Waals surface area contributed by atoms with E-state index in [0.717, 1.165) is 37.0 Å². The minimum atomic E-state index is -0.752. The van der Waals surface area contributed by atoms with E-state index >= 15 is 0 Å². The molecule has 0 aromatic carbocycles. The molecule has 4 aliphatic rings. The lowest BCUT2D eigenvalue weighted by molar-refractivity contribution is -0.146. The van der Waals surface area contributed by atoms with Gasteiger partial charge in [0.2, 0.25) is 5.91 Å². The van der Waals surface area contributed by atoms with Crippen molar-refractivity contribution >= 4 is 5.91 Å². The highest BCUT2D eigenvalue weighted by Crippen LogP contribution is 2.60. The molecule has 4 aliphatic carbocycles. The van der Waals surface area contributed by atoms with Crippen LogP contribution >= 0.6 is 0 Å². The topological polar surface area (TPSA) is 62.5 Å². The van der Waals surface area contributed by atoms with Gasteiger partial charge in [0, 0.05) is 5.41 Å². The predicted octanol–water partition coefficient (Wildman–Crippen LogP) is 2.65. The van der Waals surface area contributed by atoms with Gasteiger partial charge in [-0.3, -0.25) is 4.79 Å². The van der Waals surface area contributed by atoms with Crippen molar-refractivity contribution < 1.29 is 14.3 Å². The second-order valence-corrected chi connectivity index (χ2v) is 7.44. The van der Waals surface area contributed by atoms with Gasteiger partial charge in [-0.05, 0) is 68.4 Å². The molecule has 1 aromatic heterocycles. The van der Waals surface area contributed by atoms with Crippen LogP contribution in [0, 0.1) is 23.2 Å². The van der Waals surface area contributed by atoms with Crippen molar-refractivity contribution in [3.8, 4) is 0 Å². The molecule has 1 aromatic rings. The number of furan rings is 1. The molecule has 21 heavy (non-hydrogen) atoms. The maximum Gasteiger partial charge on any atom is 0.226 e. The van der Waals surface area contributed by atoms with Gasteiger partial charge in [-0.25, -0.2) is 0 Å². The number of hydrogen-bond donors (Lipinski definition) is 2. The van der Waals surface area contributed by atoms with Crippen LogP contribution in [0.15, 0.2) is 22.8 Å². The third-order valence-corrected chi connectivity index (χ3v) is 5.85. The molecule has 5 rings (SSSR count). The van der Waals surface area contributed by atoms with Crippen molar-refractivity contribution in [3.63, 3.8) is 0 Å². The first kappa shape index (κ1) is 13.4. The summed E-state index contributed by atoms with van der Waals surface area (Å²) in [4.78, 5) is 12.7. The summed E-state index contributed by atoms with van der Waals surface area (Å²) in [6.45, 7) is 0.244. The van der Waals surface area contributed by atoms with E-state index in [9.17, 15) is 9.90 Å². The minimum Gasteiger partial charge on any atom is -0.467 e. The quantitative estimate of drug-likeness (QED) is 0.895. The molecular weight excluding hydrogens is 266 g/mol. The van der Waals surface area contributed by atoms with Gasteiger partial charge in [-0.1, -0.05) is 0 Å². The van der Waals surface area contributed by atoms with E-state index < -0.39 is 6.10 Å². The maximum absolute atomic E-state index is 12.7. The fourth-order valence-corrected chi connectivity index (χ4v) is 5.35. The van der Waals surface area contributed by atoms with Crippen LogP contribution in [0.2, 0.25) is 0 Å². The fraction of sp³-hybridized carbons (Fsp3) is 0.706. The first-order valence-corrected chi connectivity index (χ1v) is 8.14. The van der Waals surface area contributed by atoms with E-state index in [1.54, 1.807) is 18.4 Å². The Labute approximate surface area is 124 Å². The van der Waals surface area contributed by atoms with Crippen molar-refractivity contribution in [2.75, 3.05) is 6.54 Å². The average molecular weight is 289 g/mol. The second kappa shape index (κ2) is 4.87. The van der Waals surface area contributed by atoms with E-state index in [0.29, 0.717) is 5.76 Å². The van der Waals surface area contributed by atoms with Crippen molar-refractivity contribution in [2.24, 2.45) is 23.2 Å². The maximum atomic E-state index is 12.7. The lowest BCUT2D eigenvalue weighted by Crippen LogP contribution is -2.54. The molecule has 4 nitrogen and oxygen atoms in total. The van der Waals surface area contributed by atoms with Crippen molar-refractivity contribution in [2.45, 2.75) is 44.6 Å². The van der Waals surface area contributed by atoms with E-state index in [2.05, 4.69) is 5.32 Å². The highest BCUT2D eigenvalue weighted by molar-refractivity contribution is 5.83. The van der Waals surface area contributed by atoms with Gasteiger partial charge in [0.05, 0.1) is 12.8 Å². The Hall–Kier alpha value is -1.29. The molecule has 0 aliphatic heterocycles. The van der Waals surface area contributed by atoms with Crippen LogP contribution in [0.3, 0.4) is 0 Å². The van der Waals surface area contributed by atoms with Crippen LogP contribution in [0.4, 0.5) is 0 Å². The molecule has 4 fully saturated rings. The van der Waals surface area contributed by atoms with E-state index in [1.165, 1.54) is 19.3 Å². The smallest absolute Gasteiger partial charge is 0.226 e. The third kappa shape index (κ3) is 2.30. The number of carbonyl (C=O) groups is 1. The SMILES string of the molecule is O=C(NCC(O)c1ccco1)C12CC3CC(CC(C3)C1)C2. The van der Waals surface area contributed by atoms with Gasteiger partial charge in [-0.15, -0.1) is 0 Å². The van der Waals surface area contributed by atoms with Crippen LogP contribution in [-0.2, 0) is 4.79 Å². The summed E-state index contributed by atoms with van der Waals surface area (Å²) in [7, 11) is 0. The van der Waals surface area contributed by atoms with Crippen molar-refractivity contribution in [1.82, 2.24) is 5.32 Å². The average Bonchev–Trinajstić information content (AvgIpc) is 2.97. The zero-order chi connectivity index (χ0) is 14.4. The number of aliphatic hydroxyl groups is 1. The van der Waals surface area contributed by atoms with Gasteiger partial charge >= 0.3 is 0 Å². The normalized spacial score (nSPS) is 38.4. The van der Waals surface area contributed by atoms with Crippen LogP contribution < -0.4 is 5.32 Å². The molecule has 0 spiro atoms. The number of amides is 1. The molecule has 4 bridgehead atoms. The van der Waals surface area contributed by atoms with Gasteiger partial charge in [0.1, 0.15) is 11.9 Å². The number of aliphatic hydroxyl groups excluding tert-OH is 1. The molecule has 4 saturated carbocycles. The Morgan fingerprint density at radius 1 is 1.29 bits per heavy atom. The molecule has 1 unspecified atom stereocenters. The molecule has 0 saturated heterocycles. The van der Waals surface area contributed by atoms with Crippen LogP contribution in [-0.4, -0.2) is 17.6 Å². The Bertz CT molecular complexity index is 487. The second-order valence-electron chi connectivity index (χ2n) is 7.44. The summed E-state index contributed by atoms with van der Waals surface area (Å²) >= 11 is 0. The number of carbonyl (C=O) groups excluding carboxylic acids is 1. The Morgan fingerprint density at radius 2 is 1.90 bits per heavy atom. The van der Waals surface area contributed by atoms with E-state index in [-0.39, 0.29) is 17.9 Å². The highest BCUT2D eigenvalue weighted by atomic mass is 16.4. The van der Waals surface area contributed by atoms with Crippen LogP contribution in [0.1, 0.15) is 50.4 Å². The summed E-state index contributed by atoms with van der Waals surface area (Å²) in [5.74, 6) is 2.96. The zero-order valence-electron chi connectivity index (χ0n) is 12.3. The minimum absolute atomic E-state index is 0.141. The Balaban J connectivity index is 1.41. The molecule has 1 atom stereocenters. The Morgan fingerprint density at radius 3 is 2.43 bits per heavy atom. The summed E-state index contributed by atoms with van der Waals surface area (Å²) in [6, 6.07) is 3.49. The lowest BCUT2D eigenvalue weighted by atomic mass is 9.49. The molecule has 2 N–H and O–H groups in total. The standard InChI is InChI=1S/C17H23NO3/c19-14(15-2-1-3-21-15)10-18-16(20)17-7-11-4-12(8-17)6-13(5-11)9-17/h1-3,11-14,19H,4-10H2,(H,18,20). The van der Waals surface area contributed by atoms with Gasteiger partial charge in [0.25, 0.3) is 0 Å². The molecular formula is C17H23NO3. The molecule has 0 radical (unpaired) electrons. The van der Waals surface area contributed by atoms with E-state index in [1.807, 2.05) is 0 Å². The predicted molar refractivity (Wildman–Crippen MR) is 77.3 cm³/mol. The summed E-state index contributed by atoms with van der Waals surface area (Å²) < 4.78 is 5.18. The molecule has 114 valence electrons. The largest absolute Gasteiger partial charge is 0.467 e. The van der Waals surface area contributed by atoms with Crippen LogP contribution in [0.5, 0.6) is 0 Å². The monoisotopic (exact) mass is 289 g/mol. The van der Waals surface area contributed by atoms with Crippen LogP contribution in [0.25, 0.3) is 0 Å². The summed E-state index contributed by atoms with van der Waals surface area (Å²) in [5.41, 5.74) is -0.141. The highest BCUT2D eigenvalue weighted by Gasteiger charge is 2.54. The van der Waals surface area contributed by atoms with Crippen molar-refractivity contribution in [3.05, 3.63) is 24.2 Å². The zero-order valence-corrected chi connectivity index (χ0v) is 12.3. The molecule has 4 heteroatoms. The molecule has 1 heterocycles. The van der Waals surface area contributed by atoms with Gasteiger partial charge in [0.15, 0.2) is 0 Å². The first-order valence-electron chi connectivity index (χ1n) is 8.14. The summed E-state index contributed by atoms with van der Waals surface area (Å²) in [5, 5.41) is 13.0. The number of nitrogens with one attached hydrogen (secondary N) is 1.